The van der Waals surface area contributed by atoms with E-state index in [1.807, 2.05) is 35.2 Å². The summed E-state index contributed by atoms with van der Waals surface area (Å²) in [6, 6.07) is 9.90. The van der Waals surface area contributed by atoms with Gasteiger partial charge in [0.15, 0.2) is 0 Å². The van der Waals surface area contributed by atoms with Gasteiger partial charge in [-0.3, -0.25) is 10.1 Å². The molecule has 0 bridgehead atoms. The molecule has 0 aromatic heterocycles. The third kappa shape index (κ3) is 3.46. The molecule has 3 unspecified atom stereocenters. The van der Waals surface area contributed by atoms with Gasteiger partial charge in [-0.15, -0.1) is 0 Å². The Hall–Kier alpha value is -1.35. The molecule has 1 saturated carbocycles. The average molecular weight is 286 g/mol. The zero-order chi connectivity index (χ0) is 14.7. The summed E-state index contributed by atoms with van der Waals surface area (Å²) in [6.45, 7) is 3.97. The summed E-state index contributed by atoms with van der Waals surface area (Å²) < 4.78 is 0. The van der Waals surface area contributed by atoms with Gasteiger partial charge in [0.1, 0.15) is 6.04 Å². The van der Waals surface area contributed by atoms with Crippen molar-refractivity contribution in [1.82, 2.24) is 10.2 Å². The highest BCUT2D eigenvalue weighted by atomic mass is 16.2. The molecule has 1 aromatic rings. The summed E-state index contributed by atoms with van der Waals surface area (Å²) in [5, 5.41) is 3.35. The molecule has 3 nitrogen and oxygen atoms in total. The van der Waals surface area contributed by atoms with Crippen LogP contribution in [0.25, 0.3) is 0 Å². The van der Waals surface area contributed by atoms with Crippen molar-refractivity contribution in [3.05, 3.63) is 35.9 Å². The fourth-order valence-electron chi connectivity index (χ4n) is 3.80. The third-order valence-electron chi connectivity index (χ3n) is 5.03. The van der Waals surface area contributed by atoms with Crippen LogP contribution in [0.4, 0.5) is 0 Å². The summed E-state index contributed by atoms with van der Waals surface area (Å²) >= 11 is 0. The van der Waals surface area contributed by atoms with Gasteiger partial charge in [0.25, 0.3) is 0 Å². The number of hydrogen-bond acceptors (Lipinski definition) is 2. The van der Waals surface area contributed by atoms with Crippen molar-refractivity contribution >= 4 is 5.91 Å². The van der Waals surface area contributed by atoms with Crippen molar-refractivity contribution in [2.24, 2.45) is 11.8 Å². The van der Waals surface area contributed by atoms with Gasteiger partial charge in [-0.1, -0.05) is 56.5 Å². The summed E-state index contributed by atoms with van der Waals surface area (Å²) in [6.07, 6.45) is 6.61. The molecular formula is C18H26N2O. The zero-order valence-corrected chi connectivity index (χ0v) is 12.9. The minimum Gasteiger partial charge on any atom is -0.328 e. The minimum atomic E-state index is -0.142. The fraction of sp³-hybridized carbons (Fsp3) is 0.611. The number of benzene rings is 1. The molecule has 3 rings (SSSR count). The van der Waals surface area contributed by atoms with E-state index in [0.717, 1.165) is 23.9 Å². The second kappa shape index (κ2) is 6.61. The zero-order valence-electron chi connectivity index (χ0n) is 12.9. The minimum absolute atomic E-state index is 0.142. The number of carbonyl (C=O) groups is 1. The largest absolute Gasteiger partial charge is 0.328 e. The lowest BCUT2D eigenvalue weighted by atomic mass is 9.81. The second-order valence-corrected chi connectivity index (χ2v) is 6.73. The first-order valence-electron chi connectivity index (χ1n) is 8.31. The Kier molecular flexibility index (Phi) is 4.59. The molecule has 1 amide bonds. The van der Waals surface area contributed by atoms with Crippen molar-refractivity contribution < 1.29 is 4.79 Å². The van der Waals surface area contributed by atoms with Crippen LogP contribution >= 0.6 is 0 Å². The highest BCUT2D eigenvalue weighted by Crippen LogP contribution is 2.31. The van der Waals surface area contributed by atoms with Crippen LogP contribution in [0, 0.1) is 11.8 Å². The first kappa shape index (κ1) is 14.6. The Morgan fingerprint density at radius 2 is 2.05 bits per heavy atom. The van der Waals surface area contributed by atoms with Crippen LogP contribution in [0.2, 0.25) is 0 Å². The van der Waals surface area contributed by atoms with Crippen molar-refractivity contribution in [3.8, 4) is 0 Å². The van der Waals surface area contributed by atoms with E-state index in [1.165, 1.54) is 32.1 Å². The summed E-state index contributed by atoms with van der Waals surface area (Å²) in [4.78, 5) is 14.5. The van der Waals surface area contributed by atoms with E-state index in [4.69, 9.17) is 0 Å². The maximum absolute atomic E-state index is 12.5. The molecule has 0 spiro atoms. The van der Waals surface area contributed by atoms with Crippen LogP contribution in [0.15, 0.2) is 30.3 Å². The Labute approximate surface area is 127 Å². The van der Waals surface area contributed by atoms with Crippen LogP contribution < -0.4 is 5.32 Å². The van der Waals surface area contributed by atoms with Gasteiger partial charge < -0.3 is 4.90 Å². The van der Waals surface area contributed by atoms with E-state index in [1.54, 1.807) is 0 Å². The van der Waals surface area contributed by atoms with Crippen LogP contribution in [0.5, 0.6) is 0 Å². The van der Waals surface area contributed by atoms with Crippen molar-refractivity contribution in [2.75, 3.05) is 13.2 Å². The smallest absolute Gasteiger partial charge is 0.245 e. The molecule has 2 aliphatic rings. The van der Waals surface area contributed by atoms with Gasteiger partial charge in [0.2, 0.25) is 5.91 Å². The molecule has 3 heteroatoms. The normalized spacial score (nSPS) is 29.9. The van der Waals surface area contributed by atoms with Gasteiger partial charge in [0.05, 0.1) is 6.67 Å². The van der Waals surface area contributed by atoms with E-state index >= 15 is 0 Å². The molecule has 1 aromatic carbocycles. The lowest BCUT2D eigenvalue weighted by Gasteiger charge is -2.28. The summed E-state index contributed by atoms with van der Waals surface area (Å²) in [7, 11) is 0. The maximum atomic E-state index is 12.5. The monoisotopic (exact) mass is 286 g/mol. The Balaban J connectivity index is 1.52. The fourth-order valence-corrected chi connectivity index (χ4v) is 3.80. The van der Waals surface area contributed by atoms with Crippen LogP contribution in [0.1, 0.15) is 50.6 Å². The molecule has 1 saturated heterocycles. The number of nitrogens with zero attached hydrogens (tertiary/aromatic N) is 1. The highest BCUT2D eigenvalue weighted by molar-refractivity contribution is 5.85. The summed E-state index contributed by atoms with van der Waals surface area (Å²) in [5.41, 5.74) is 1.08. The van der Waals surface area contributed by atoms with E-state index in [0.29, 0.717) is 6.67 Å². The highest BCUT2D eigenvalue weighted by Gasteiger charge is 2.32. The molecule has 0 radical (unpaired) electrons. The van der Waals surface area contributed by atoms with E-state index < -0.39 is 0 Å². The second-order valence-electron chi connectivity index (χ2n) is 6.73. The maximum Gasteiger partial charge on any atom is 0.245 e. The Morgan fingerprint density at radius 3 is 2.81 bits per heavy atom. The number of amides is 1. The van der Waals surface area contributed by atoms with Crippen LogP contribution in [-0.4, -0.2) is 24.0 Å². The predicted octanol–water partition coefficient (Wildman–Crippen LogP) is 3.33. The lowest BCUT2D eigenvalue weighted by Crippen LogP contribution is -2.30. The van der Waals surface area contributed by atoms with E-state index in [9.17, 15) is 4.79 Å². The molecule has 114 valence electrons. The molecule has 3 atom stereocenters. The number of nitrogens with one attached hydrogen (secondary N) is 1. The Bertz CT molecular complexity index is 473. The van der Waals surface area contributed by atoms with Gasteiger partial charge in [-0.05, 0) is 30.2 Å². The van der Waals surface area contributed by atoms with Crippen LogP contribution in [0.3, 0.4) is 0 Å². The molecule has 1 heterocycles. The van der Waals surface area contributed by atoms with Gasteiger partial charge >= 0.3 is 0 Å². The first-order chi connectivity index (χ1) is 10.2. The SMILES string of the molecule is CC1CCCC(CCN2CNC(c3ccccc3)C2=O)C1. The molecule has 1 N–H and O–H groups in total. The quantitative estimate of drug-likeness (QED) is 0.920. The number of rotatable bonds is 4. The van der Waals surface area contributed by atoms with Gasteiger partial charge in [-0.25, -0.2) is 0 Å². The predicted molar refractivity (Wildman–Crippen MR) is 84.6 cm³/mol. The topological polar surface area (TPSA) is 32.3 Å². The molecular weight excluding hydrogens is 260 g/mol. The standard InChI is InChI=1S/C18H26N2O/c1-14-6-5-7-15(12-14)10-11-20-13-19-17(18(20)21)16-8-3-2-4-9-16/h2-4,8-9,14-15,17,19H,5-7,10-13H2,1H3. The van der Waals surface area contributed by atoms with Gasteiger partial charge in [0, 0.05) is 6.54 Å². The lowest BCUT2D eigenvalue weighted by molar-refractivity contribution is -0.129. The number of carbonyl (C=O) groups excluding carboxylic acids is 1. The molecule has 2 fully saturated rings. The van der Waals surface area contributed by atoms with Crippen molar-refractivity contribution in [1.29, 1.82) is 0 Å². The molecule has 1 aliphatic heterocycles. The van der Waals surface area contributed by atoms with E-state index in [-0.39, 0.29) is 11.9 Å². The number of hydrogen-bond donors (Lipinski definition) is 1. The van der Waals surface area contributed by atoms with Crippen LogP contribution in [-0.2, 0) is 4.79 Å². The third-order valence-corrected chi connectivity index (χ3v) is 5.03. The molecule has 1 aliphatic carbocycles. The van der Waals surface area contributed by atoms with Crippen molar-refractivity contribution in [3.63, 3.8) is 0 Å². The average Bonchev–Trinajstić information content (AvgIpc) is 2.87. The molecule has 21 heavy (non-hydrogen) atoms. The first-order valence-corrected chi connectivity index (χ1v) is 8.31. The Morgan fingerprint density at radius 1 is 1.24 bits per heavy atom. The van der Waals surface area contributed by atoms with E-state index in [2.05, 4.69) is 12.2 Å². The summed E-state index contributed by atoms with van der Waals surface area (Å²) in [5.74, 6) is 1.93. The van der Waals surface area contributed by atoms with Gasteiger partial charge in [-0.2, -0.15) is 0 Å². The van der Waals surface area contributed by atoms with Crippen molar-refractivity contribution in [2.45, 2.75) is 45.1 Å².